The molecule has 0 heterocycles. The Morgan fingerprint density at radius 3 is 2.44 bits per heavy atom. The van der Waals surface area contributed by atoms with Gasteiger partial charge in [-0.05, 0) is 42.7 Å². The van der Waals surface area contributed by atoms with E-state index in [1.807, 2.05) is 32.0 Å². The zero-order chi connectivity index (χ0) is 13.3. The van der Waals surface area contributed by atoms with Crippen LogP contribution in [0.1, 0.15) is 21.5 Å². The van der Waals surface area contributed by atoms with Crippen molar-refractivity contribution in [1.29, 1.82) is 0 Å². The third-order valence-electron chi connectivity index (χ3n) is 2.98. The van der Waals surface area contributed by atoms with E-state index in [0.717, 1.165) is 16.7 Å². The summed E-state index contributed by atoms with van der Waals surface area (Å²) in [5, 5.41) is 9.07. The van der Waals surface area contributed by atoms with Crippen molar-refractivity contribution in [2.24, 2.45) is 0 Å². The lowest BCUT2D eigenvalue weighted by Crippen LogP contribution is -2.02. The molecule has 0 unspecified atom stereocenters. The third-order valence-corrected chi connectivity index (χ3v) is 2.98. The van der Waals surface area contributed by atoms with E-state index >= 15 is 0 Å². The molecule has 0 fully saturated rings. The molecule has 0 aliphatic heterocycles. The zero-order valence-electron chi connectivity index (χ0n) is 10.4. The maximum Gasteiger partial charge on any atom is 0.337 e. The van der Waals surface area contributed by atoms with Gasteiger partial charge < -0.3 is 10.8 Å². The topological polar surface area (TPSA) is 63.3 Å². The predicted octanol–water partition coefficient (Wildman–Crippen LogP) is 3.25. The summed E-state index contributed by atoms with van der Waals surface area (Å²) in [5.74, 6) is -1.00. The first-order chi connectivity index (χ1) is 8.49. The van der Waals surface area contributed by atoms with Crippen molar-refractivity contribution in [3.05, 3.63) is 53.1 Å². The highest BCUT2D eigenvalue weighted by Crippen LogP contribution is 2.27. The highest BCUT2D eigenvalue weighted by Gasteiger charge is 2.10. The van der Waals surface area contributed by atoms with Gasteiger partial charge in [0.2, 0.25) is 0 Å². The molecule has 0 bridgehead atoms. The molecule has 0 aliphatic carbocycles. The van der Waals surface area contributed by atoms with Crippen molar-refractivity contribution < 1.29 is 9.90 Å². The average molecular weight is 241 g/mol. The predicted molar refractivity (Wildman–Crippen MR) is 72.7 cm³/mol. The van der Waals surface area contributed by atoms with Crippen molar-refractivity contribution in [3.63, 3.8) is 0 Å². The maximum absolute atomic E-state index is 11.1. The summed E-state index contributed by atoms with van der Waals surface area (Å²) in [6, 6.07) is 11.2. The quantitative estimate of drug-likeness (QED) is 0.793. The van der Waals surface area contributed by atoms with Crippen molar-refractivity contribution in [3.8, 4) is 11.1 Å². The molecule has 0 saturated heterocycles. The van der Waals surface area contributed by atoms with Crippen LogP contribution in [0.25, 0.3) is 11.1 Å². The van der Waals surface area contributed by atoms with Gasteiger partial charge in [-0.2, -0.15) is 0 Å². The number of nitrogens with two attached hydrogens (primary N) is 1. The van der Waals surface area contributed by atoms with Gasteiger partial charge in [0.05, 0.1) is 5.56 Å². The largest absolute Gasteiger partial charge is 0.478 e. The lowest BCUT2D eigenvalue weighted by Gasteiger charge is -2.09. The normalized spacial score (nSPS) is 10.3. The van der Waals surface area contributed by atoms with Gasteiger partial charge >= 0.3 is 5.97 Å². The summed E-state index contributed by atoms with van der Waals surface area (Å²) in [7, 11) is 0. The Bertz CT molecular complexity index is 618. The molecule has 18 heavy (non-hydrogen) atoms. The second-order valence-corrected chi connectivity index (χ2v) is 4.43. The van der Waals surface area contributed by atoms with Crippen LogP contribution in [-0.4, -0.2) is 11.1 Å². The Labute approximate surface area is 106 Å². The minimum atomic E-state index is -1.00. The minimum Gasteiger partial charge on any atom is -0.478 e. The summed E-state index contributed by atoms with van der Waals surface area (Å²) in [5.41, 5.74) is 10.3. The maximum atomic E-state index is 11.1. The van der Waals surface area contributed by atoms with Crippen molar-refractivity contribution in [1.82, 2.24) is 0 Å². The number of carboxylic acid groups (broad SMARTS) is 1. The molecule has 0 spiro atoms. The van der Waals surface area contributed by atoms with E-state index in [9.17, 15) is 4.79 Å². The van der Waals surface area contributed by atoms with Gasteiger partial charge in [0.15, 0.2) is 0 Å². The Morgan fingerprint density at radius 1 is 1.11 bits per heavy atom. The van der Waals surface area contributed by atoms with Crippen LogP contribution in [0.3, 0.4) is 0 Å². The zero-order valence-corrected chi connectivity index (χ0v) is 10.4. The van der Waals surface area contributed by atoms with Crippen LogP contribution in [0, 0.1) is 13.8 Å². The molecule has 0 radical (unpaired) electrons. The molecule has 2 aromatic carbocycles. The molecule has 2 aromatic rings. The Kier molecular flexibility index (Phi) is 3.06. The first kappa shape index (κ1) is 12.2. The van der Waals surface area contributed by atoms with Crippen molar-refractivity contribution >= 4 is 11.7 Å². The van der Waals surface area contributed by atoms with E-state index < -0.39 is 5.97 Å². The number of aromatic carboxylic acids is 1. The van der Waals surface area contributed by atoms with Crippen molar-refractivity contribution in [2.75, 3.05) is 5.73 Å². The fourth-order valence-corrected chi connectivity index (χ4v) is 2.05. The number of hydrogen-bond donors (Lipinski definition) is 2. The van der Waals surface area contributed by atoms with Crippen LogP contribution < -0.4 is 5.73 Å². The number of carboxylic acids is 1. The van der Waals surface area contributed by atoms with Gasteiger partial charge in [0.1, 0.15) is 0 Å². The van der Waals surface area contributed by atoms with Crippen LogP contribution in [0.15, 0.2) is 36.4 Å². The van der Waals surface area contributed by atoms with Crippen LogP contribution in [0.2, 0.25) is 0 Å². The minimum absolute atomic E-state index is 0.146. The number of anilines is 1. The number of hydrogen-bond acceptors (Lipinski definition) is 2. The third kappa shape index (κ3) is 2.20. The van der Waals surface area contributed by atoms with E-state index in [0.29, 0.717) is 0 Å². The van der Waals surface area contributed by atoms with E-state index in [1.165, 1.54) is 5.56 Å². The first-order valence-electron chi connectivity index (χ1n) is 5.69. The lowest BCUT2D eigenvalue weighted by atomic mass is 9.97. The molecule has 3 nitrogen and oxygen atoms in total. The molecule has 0 atom stereocenters. The Morgan fingerprint density at radius 2 is 1.83 bits per heavy atom. The van der Waals surface area contributed by atoms with Gasteiger partial charge in [0.25, 0.3) is 0 Å². The van der Waals surface area contributed by atoms with E-state index in [4.69, 9.17) is 10.8 Å². The van der Waals surface area contributed by atoms with E-state index in [-0.39, 0.29) is 11.3 Å². The molecule has 0 amide bonds. The second-order valence-electron chi connectivity index (χ2n) is 4.43. The number of benzene rings is 2. The Balaban J connectivity index is 2.58. The number of nitrogen functional groups attached to an aromatic ring is 1. The number of carbonyl (C=O) groups is 1. The van der Waals surface area contributed by atoms with Crippen molar-refractivity contribution in [2.45, 2.75) is 13.8 Å². The molecule has 0 aromatic heterocycles. The monoisotopic (exact) mass is 241 g/mol. The smallest absolute Gasteiger partial charge is 0.337 e. The summed E-state index contributed by atoms with van der Waals surface area (Å²) in [6.45, 7) is 4.04. The van der Waals surface area contributed by atoms with Gasteiger partial charge in [-0.1, -0.05) is 29.8 Å². The van der Waals surface area contributed by atoms with Crippen LogP contribution in [0.5, 0.6) is 0 Å². The SMILES string of the molecule is Cc1ccc(-c2ccc(N)c(C(=O)O)c2)c(C)c1. The molecule has 0 saturated carbocycles. The van der Waals surface area contributed by atoms with Crippen LogP contribution in [-0.2, 0) is 0 Å². The first-order valence-corrected chi connectivity index (χ1v) is 5.69. The van der Waals surface area contributed by atoms with Crippen LogP contribution >= 0.6 is 0 Å². The average Bonchev–Trinajstić information content (AvgIpc) is 2.30. The molecule has 0 aliphatic rings. The fraction of sp³-hybridized carbons (Fsp3) is 0.133. The molecule has 2 rings (SSSR count). The molecule has 3 heteroatoms. The molecule has 3 N–H and O–H groups in total. The van der Waals surface area contributed by atoms with Gasteiger partial charge in [-0.3, -0.25) is 0 Å². The number of rotatable bonds is 2. The number of aryl methyl sites for hydroxylation is 2. The summed E-state index contributed by atoms with van der Waals surface area (Å²) >= 11 is 0. The van der Waals surface area contributed by atoms with Gasteiger partial charge in [-0.25, -0.2) is 4.79 Å². The van der Waals surface area contributed by atoms with Crippen LogP contribution in [0.4, 0.5) is 5.69 Å². The molecular weight excluding hydrogens is 226 g/mol. The summed E-state index contributed by atoms with van der Waals surface area (Å²) < 4.78 is 0. The summed E-state index contributed by atoms with van der Waals surface area (Å²) in [6.07, 6.45) is 0. The Hall–Kier alpha value is -2.29. The lowest BCUT2D eigenvalue weighted by molar-refractivity contribution is 0.0698. The highest BCUT2D eigenvalue weighted by molar-refractivity contribution is 5.95. The molecule has 92 valence electrons. The van der Waals surface area contributed by atoms with E-state index in [2.05, 4.69) is 6.07 Å². The highest BCUT2D eigenvalue weighted by atomic mass is 16.4. The standard InChI is InChI=1S/C15H15NO2/c1-9-3-5-12(10(2)7-9)11-4-6-14(16)13(8-11)15(17)18/h3-8H,16H2,1-2H3,(H,17,18). The second kappa shape index (κ2) is 4.53. The van der Waals surface area contributed by atoms with Gasteiger partial charge in [0, 0.05) is 5.69 Å². The van der Waals surface area contributed by atoms with Gasteiger partial charge in [-0.15, -0.1) is 0 Å². The van der Waals surface area contributed by atoms with E-state index in [1.54, 1.807) is 12.1 Å². The fourth-order valence-electron chi connectivity index (χ4n) is 2.05. The summed E-state index contributed by atoms with van der Waals surface area (Å²) in [4.78, 5) is 11.1. The molecular formula is C15H15NO2.